The van der Waals surface area contributed by atoms with E-state index in [9.17, 15) is 14.9 Å². The lowest BCUT2D eigenvalue weighted by Crippen LogP contribution is -2.14. The number of benzene rings is 1. The van der Waals surface area contributed by atoms with Crippen LogP contribution in [0.2, 0.25) is 0 Å². The fourth-order valence-electron chi connectivity index (χ4n) is 2.26. The summed E-state index contributed by atoms with van der Waals surface area (Å²) < 4.78 is 6.67. The molecule has 0 saturated heterocycles. The third kappa shape index (κ3) is 2.65. The Kier molecular flexibility index (Phi) is 4.07. The fraction of sp³-hybridized carbons (Fsp3) is 0.267. The SMILES string of the molecule is CCOC(=O)C(=Cc1c(C)n(C)c2ccccc12)[N+](=O)[O-]. The number of rotatable bonds is 4. The largest absolute Gasteiger partial charge is 0.458 e. The van der Waals surface area contributed by atoms with Crippen LogP contribution in [0, 0.1) is 17.0 Å². The minimum absolute atomic E-state index is 0.0958. The van der Waals surface area contributed by atoms with Crippen LogP contribution in [-0.4, -0.2) is 22.1 Å². The Bertz CT molecular complexity index is 743. The fourth-order valence-corrected chi connectivity index (χ4v) is 2.26. The average molecular weight is 288 g/mol. The van der Waals surface area contributed by atoms with Crippen LogP contribution >= 0.6 is 0 Å². The highest BCUT2D eigenvalue weighted by molar-refractivity contribution is 5.97. The van der Waals surface area contributed by atoms with Crippen molar-refractivity contribution in [2.24, 2.45) is 7.05 Å². The molecular weight excluding hydrogens is 272 g/mol. The van der Waals surface area contributed by atoms with Crippen LogP contribution in [0.4, 0.5) is 0 Å². The molecule has 0 unspecified atom stereocenters. The normalized spacial score (nSPS) is 11.7. The molecule has 110 valence electrons. The molecule has 0 amide bonds. The van der Waals surface area contributed by atoms with Gasteiger partial charge in [-0.2, -0.15) is 0 Å². The summed E-state index contributed by atoms with van der Waals surface area (Å²) in [6, 6.07) is 7.55. The van der Waals surface area contributed by atoms with Gasteiger partial charge < -0.3 is 9.30 Å². The number of carbonyl (C=O) groups excluding carboxylic acids is 1. The van der Waals surface area contributed by atoms with Gasteiger partial charge >= 0.3 is 11.7 Å². The molecule has 0 radical (unpaired) electrons. The van der Waals surface area contributed by atoms with Crippen molar-refractivity contribution in [2.75, 3.05) is 6.61 Å². The van der Waals surface area contributed by atoms with Gasteiger partial charge in [0.15, 0.2) is 0 Å². The number of aryl methyl sites for hydroxylation is 1. The standard InChI is InChI=1S/C15H16N2O4/c1-4-21-15(18)14(17(19)20)9-12-10(2)16(3)13-8-6-5-7-11(12)13/h5-9H,4H2,1-3H3. The van der Waals surface area contributed by atoms with Gasteiger partial charge in [0, 0.05) is 35.3 Å². The molecule has 6 nitrogen and oxygen atoms in total. The van der Waals surface area contributed by atoms with Crippen LogP contribution < -0.4 is 0 Å². The van der Waals surface area contributed by atoms with Gasteiger partial charge in [-0.3, -0.25) is 10.1 Å². The first-order valence-corrected chi connectivity index (χ1v) is 6.54. The summed E-state index contributed by atoms with van der Waals surface area (Å²) in [5.41, 5.74) is 1.90. The van der Waals surface area contributed by atoms with Crippen molar-refractivity contribution in [3.8, 4) is 0 Å². The van der Waals surface area contributed by atoms with E-state index >= 15 is 0 Å². The van der Waals surface area contributed by atoms with Crippen molar-refractivity contribution >= 4 is 22.9 Å². The molecule has 0 spiro atoms. The van der Waals surface area contributed by atoms with Crippen LogP contribution in [0.1, 0.15) is 18.2 Å². The highest BCUT2D eigenvalue weighted by Crippen LogP contribution is 2.27. The van der Waals surface area contributed by atoms with Gasteiger partial charge in [0.2, 0.25) is 0 Å². The average Bonchev–Trinajstić information content (AvgIpc) is 2.69. The second-order valence-corrected chi connectivity index (χ2v) is 4.58. The van der Waals surface area contributed by atoms with Crippen LogP contribution in [0.5, 0.6) is 0 Å². The Labute approximate surface area is 121 Å². The summed E-state index contributed by atoms with van der Waals surface area (Å²) in [5.74, 6) is -0.921. The Hall–Kier alpha value is -2.63. The molecule has 0 aliphatic carbocycles. The first kappa shape index (κ1) is 14.8. The first-order valence-electron chi connectivity index (χ1n) is 6.54. The van der Waals surface area contributed by atoms with Crippen molar-refractivity contribution in [3.63, 3.8) is 0 Å². The van der Waals surface area contributed by atoms with Crippen molar-refractivity contribution in [2.45, 2.75) is 13.8 Å². The number of hydrogen-bond acceptors (Lipinski definition) is 4. The molecule has 21 heavy (non-hydrogen) atoms. The third-order valence-electron chi connectivity index (χ3n) is 3.41. The van der Waals surface area contributed by atoms with E-state index in [4.69, 9.17) is 4.74 Å². The zero-order valence-corrected chi connectivity index (χ0v) is 12.1. The maximum Gasteiger partial charge on any atom is 0.409 e. The molecule has 0 fully saturated rings. The van der Waals surface area contributed by atoms with Crippen molar-refractivity contribution in [3.05, 3.63) is 51.3 Å². The van der Waals surface area contributed by atoms with Gasteiger partial charge in [-0.05, 0) is 19.9 Å². The summed E-state index contributed by atoms with van der Waals surface area (Å²) in [5, 5.41) is 12.0. The Morgan fingerprint density at radius 3 is 2.71 bits per heavy atom. The summed E-state index contributed by atoms with van der Waals surface area (Å²) in [4.78, 5) is 22.1. The van der Waals surface area contributed by atoms with E-state index in [0.717, 1.165) is 16.6 Å². The monoisotopic (exact) mass is 288 g/mol. The molecule has 1 heterocycles. The molecule has 0 aliphatic heterocycles. The Morgan fingerprint density at radius 2 is 2.10 bits per heavy atom. The van der Waals surface area contributed by atoms with E-state index in [1.807, 2.05) is 42.8 Å². The van der Waals surface area contributed by atoms with Gasteiger partial charge in [0.25, 0.3) is 0 Å². The van der Waals surface area contributed by atoms with E-state index in [1.165, 1.54) is 6.08 Å². The summed E-state index contributed by atoms with van der Waals surface area (Å²) in [6.45, 7) is 3.56. The van der Waals surface area contributed by atoms with Crippen LogP contribution in [0.25, 0.3) is 17.0 Å². The maximum atomic E-state index is 11.7. The minimum atomic E-state index is -0.921. The summed E-state index contributed by atoms with van der Waals surface area (Å²) in [6.07, 6.45) is 1.29. The van der Waals surface area contributed by atoms with E-state index in [0.29, 0.717) is 5.56 Å². The molecule has 0 bridgehead atoms. The zero-order chi connectivity index (χ0) is 15.6. The van der Waals surface area contributed by atoms with Gasteiger partial charge in [-0.15, -0.1) is 0 Å². The Morgan fingerprint density at radius 1 is 1.43 bits per heavy atom. The van der Waals surface area contributed by atoms with Gasteiger partial charge in [-0.1, -0.05) is 18.2 Å². The molecular formula is C15H16N2O4. The van der Waals surface area contributed by atoms with Gasteiger partial charge in [0.1, 0.15) is 0 Å². The topological polar surface area (TPSA) is 74.4 Å². The highest BCUT2D eigenvalue weighted by atomic mass is 16.6. The second kappa shape index (κ2) is 5.78. The number of aromatic nitrogens is 1. The van der Waals surface area contributed by atoms with E-state index < -0.39 is 16.6 Å². The lowest BCUT2D eigenvalue weighted by molar-refractivity contribution is -0.419. The van der Waals surface area contributed by atoms with Crippen LogP contribution in [0.3, 0.4) is 0 Å². The number of nitrogens with zero attached hydrogens (tertiary/aromatic N) is 2. The number of hydrogen-bond donors (Lipinski definition) is 0. The lowest BCUT2D eigenvalue weighted by atomic mass is 10.1. The lowest BCUT2D eigenvalue weighted by Gasteiger charge is -2.00. The molecule has 1 aromatic heterocycles. The molecule has 0 N–H and O–H groups in total. The Balaban J connectivity index is 2.65. The van der Waals surface area contributed by atoms with Crippen molar-refractivity contribution in [1.29, 1.82) is 0 Å². The predicted molar refractivity (Wildman–Crippen MR) is 79.3 cm³/mol. The number of nitro groups is 1. The number of esters is 1. The third-order valence-corrected chi connectivity index (χ3v) is 3.41. The first-order chi connectivity index (χ1) is 9.97. The molecule has 0 aliphatic rings. The minimum Gasteiger partial charge on any atom is -0.458 e. The summed E-state index contributed by atoms with van der Waals surface area (Å²) >= 11 is 0. The van der Waals surface area contributed by atoms with Crippen LogP contribution in [-0.2, 0) is 16.6 Å². The van der Waals surface area contributed by atoms with Gasteiger partial charge in [-0.25, -0.2) is 4.79 Å². The summed E-state index contributed by atoms with van der Waals surface area (Å²) in [7, 11) is 1.88. The van der Waals surface area contributed by atoms with E-state index in [1.54, 1.807) is 6.92 Å². The van der Waals surface area contributed by atoms with Crippen molar-refractivity contribution in [1.82, 2.24) is 4.57 Å². The molecule has 0 atom stereocenters. The smallest absolute Gasteiger partial charge is 0.409 e. The number of ether oxygens (including phenoxy) is 1. The molecule has 2 rings (SSSR count). The predicted octanol–water partition coefficient (Wildman–Crippen LogP) is 2.67. The number of fused-ring (bicyclic) bond motifs is 1. The molecule has 6 heteroatoms. The molecule has 0 saturated carbocycles. The molecule has 1 aromatic carbocycles. The maximum absolute atomic E-state index is 11.7. The van der Waals surface area contributed by atoms with Crippen molar-refractivity contribution < 1.29 is 14.5 Å². The van der Waals surface area contributed by atoms with E-state index in [-0.39, 0.29) is 6.61 Å². The number of para-hydroxylation sites is 1. The second-order valence-electron chi connectivity index (χ2n) is 4.58. The van der Waals surface area contributed by atoms with Crippen LogP contribution in [0.15, 0.2) is 30.0 Å². The zero-order valence-electron chi connectivity index (χ0n) is 12.1. The van der Waals surface area contributed by atoms with Gasteiger partial charge in [0.05, 0.1) is 11.5 Å². The highest BCUT2D eigenvalue weighted by Gasteiger charge is 2.25. The molecule has 2 aromatic rings. The quantitative estimate of drug-likeness (QED) is 0.375. The van der Waals surface area contributed by atoms with E-state index in [2.05, 4.69) is 0 Å². The number of carbonyl (C=O) groups is 1.